The van der Waals surface area contributed by atoms with Gasteiger partial charge in [0.1, 0.15) is 13.2 Å². The first-order chi connectivity index (χ1) is 9.13. The highest BCUT2D eigenvalue weighted by Crippen LogP contribution is 2.35. The average molecular weight is 263 g/mol. The molecule has 0 spiro atoms. The summed E-state index contributed by atoms with van der Waals surface area (Å²) in [5.74, 6) is 2.95. The Morgan fingerprint density at radius 2 is 1.79 bits per heavy atom. The van der Waals surface area contributed by atoms with Gasteiger partial charge >= 0.3 is 0 Å². The summed E-state index contributed by atoms with van der Waals surface area (Å²) in [4.78, 5) is 0. The maximum Gasteiger partial charge on any atom is 0.161 e. The predicted molar refractivity (Wildman–Crippen MR) is 77.9 cm³/mol. The van der Waals surface area contributed by atoms with Crippen LogP contribution in [0, 0.1) is 11.8 Å². The topological polar surface area (TPSA) is 30.5 Å². The number of nitrogens with one attached hydrogen (secondary N) is 1. The Bertz CT molecular complexity index is 417. The first-order valence-electron chi connectivity index (χ1n) is 7.26. The summed E-state index contributed by atoms with van der Waals surface area (Å²) >= 11 is 0. The lowest BCUT2D eigenvalue weighted by Gasteiger charge is -2.29. The van der Waals surface area contributed by atoms with Crippen molar-refractivity contribution in [2.24, 2.45) is 11.8 Å². The molecule has 1 aromatic rings. The highest BCUT2D eigenvalue weighted by Gasteiger charge is 2.23. The minimum absolute atomic E-state index is 0.362. The number of benzene rings is 1. The van der Waals surface area contributed by atoms with Crippen LogP contribution in [0.4, 0.5) is 0 Å². The maximum atomic E-state index is 5.68. The predicted octanol–water partition coefficient (Wildman–Crippen LogP) is 3.40. The Kier molecular flexibility index (Phi) is 4.70. The van der Waals surface area contributed by atoms with Crippen molar-refractivity contribution in [2.45, 2.75) is 33.7 Å². The second kappa shape index (κ2) is 6.29. The van der Waals surface area contributed by atoms with Crippen molar-refractivity contribution in [1.82, 2.24) is 5.32 Å². The molecule has 3 nitrogen and oxygen atoms in total. The molecule has 2 unspecified atom stereocenters. The molecular weight excluding hydrogens is 238 g/mol. The van der Waals surface area contributed by atoms with Crippen molar-refractivity contribution in [3.63, 3.8) is 0 Å². The number of hydrogen-bond donors (Lipinski definition) is 1. The molecule has 1 aromatic carbocycles. The largest absolute Gasteiger partial charge is 0.486 e. The van der Waals surface area contributed by atoms with Gasteiger partial charge in [-0.2, -0.15) is 0 Å². The lowest BCUT2D eigenvalue weighted by molar-refractivity contribution is 0.171. The van der Waals surface area contributed by atoms with E-state index in [1.54, 1.807) is 0 Å². The van der Waals surface area contributed by atoms with E-state index in [1.807, 2.05) is 6.07 Å². The number of fused-ring (bicyclic) bond motifs is 1. The minimum Gasteiger partial charge on any atom is -0.486 e. The Morgan fingerprint density at radius 1 is 1.11 bits per heavy atom. The van der Waals surface area contributed by atoms with Crippen molar-refractivity contribution in [1.29, 1.82) is 0 Å². The molecule has 2 atom stereocenters. The van der Waals surface area contributed by atoms with Gasteiger partial charge in [-0.15, -0.1) is 0 Å². The van der Waals surface area contributed by atoms with Gasteiger partial charge in [0.15, 0.2) is 11.5 Å². The molecule has 1 aliphatic rings. The van der Waals surface area contributed by atoms with E-state index in [0.717, 1.165) is 18.0 Å². The van der Waals surface area contributed by atoms with Gasteiger partial charge in [0.25, 0.3) is 0 Å². The summed E-state index contributed by atoms with van der Waals surface area (Å²) in [7, 11) is 0. The lowest BCUT2D eigenvalue weighted by Crippen LogP contribution is -2.29. The zero-order valence-electron chi connectivity index (χ0n) is 12.4. The summed E-state index contributed by atoms with van der Waals surface area (Å²) in [6, 6.07) is 6.67. The van der Waals surface area contributed by atoms with Crippen LogP contribution >= 0.6 is 0 Å². The van der Waals surface area contributed by atoms with Crippen LogP contribution in [0.15, 0.2) is 18.2 Å². The molecule has 0 bridgehead atoms. The Hall–Kier alpha value is -1.22. The van der Waals surface area contributed by atoms with Crippen molar-refractivity contribution >= 4 is 0 Å². The molecule has 0 aromatic heterocycles. The highest BCUT2D eigenvalue weighted by atomic mass is 16.6. The van der Waals surface area contributed by atoms with E-state index >= 15 is 0 Å². The maximum absolute atomic E-state index is 5.68. The first kappa shape index (κ1) is 14.2. The van der Waals surface area contributed by atoms with Crippen LogP contribution in [0.25, 0.3) is 0 Å². The fraction of sp³-hybridized carbons (Fsp3) is 0.625. The second-order valence-electron chi connectivity index (χ2n) is 5.54. The zero-order valence-corrected chi connectivity index (χ0v) is 12.4. The van der Waals surface area contributed by atoms with E-state index in [-0.39, 0.29) is 0 Å². The standard InChI is InChI=1S/C16H25NO2/c1-5-17-16(12(4)11(2)3)13-6-7-14-15(10-13)19-9-8-18-14/h6-7,10-12,16-17H,5,8-9H2,1-4H3. The third-order valence-corrected chi connectivity index (χ3v) is 3.93. The Morgan fingerprint density at radius 3 is 2.42 bits per heavy atom. The summed E-state index contributed by atoms with van der Waals surface area (Å²) in [5.41, 5.74) is 1.28. The van der Waals surface area contributed by atoms with Gasteiger partial charge < -0.3 is 14.8 Å². The van der Waals surface area contributed by atoms with Crippen LogP contribution in [0.1, 0.15) is 39.3 Å². The van der Waals surface area contributed by atoms with E-state index in [9.17, 15) is 0 Å². The molecule has 0 amide bonds. The molecule has 106 valence electrons. The second-order valence-corrected chi connectivity index (χ2v) is 5.54. The van der Waals surface area contributed by atoms with Crippen LogP contribution in [0.3, 0.4) is 0 Å². The molecule has 0 saturated heterocycles. The van der Waals surface area contributed by atoms with Crippen molar-refractivity contribution in [3.8, 4) is 11.5 Å². The first-order valence-corrected chi connectivity index (χ1v) is 7.26. The van der Waals surface area contributed by atoms with Gasteiger partial charge in [-0.3, -0.25) is 0 Å². The molecule has 1 aliphatic heterocycles. The van der Waals surface area contributed by atoms with Crippen LogP contribution in [0.2, 0.25) is 0 Å². The summed E-state index contributed by atoms with van der Waals surface area (Å²) < 4.78 is 11.3. The summed E-state index contributed by atoms with van der Waals surface area (Å²) in [6.07, 6.45) is 0. The fourth-order valence-corrected chi connectivity index (χ4v) is 2.47. The number of ether oxygens (including phenoxy) is 2. The third kappa shape index (κ3) is 3.21. The van der Waals surface area contributed by atoms with Crippen LogP contribution in [-0.2, 0) is 0 Å². The smallest absolute Gasteiger partial charge is 0.161 e. The molecule has 0 aliphatic carbocycles. The molecule has 2 rings (SSSR count). The number of rotatable bonds is 5. The van der Waals surface area contributed by atoms with Crippen molar-refractivity contribution in [2.75, 3.05) is 19.8 Å². The van der Waals surface area contributed by atoms with Gasteiger partial charge in [-0.05, 0) is 36.1 Å². The molecule has 19 heavy (non-hydrogen) atoms. The van der Waals surface area contributed by atoms with Crippen molar-refractivity contribution in [3.05, 3.63) is 23.8 Å². The average Bonchev–Trinajstić information content (AvgIpc) is 2.43. The van der Waals surface area contributed by atoms with Gasteiger partial charge in [-0.25, -0.2) is 0 Å². The molecular formula is C16H25NO2. The molecule has 1 heterocycles. The van der Waals surface area contributed by atoms with E-state index in [0.29, 0.717) is 31.1 Å². The number of hydrogen-bond acceptors (Lipinski definition) is 3. The molecule has 0 radical (unpaired) electrons. The minimum atomic E-state index is 0.362. The van der Waals surface area contributed by atoms with Crippen molar-refractivity contribution < 1.29 is 9.47 Å². The normalized spacial score (nSPS) is 17.3. The SMILES string of the molecule is CCNC(c1ccc2c(c1)OCCO2)C(C)C(C)C. The monoisotopic (exact) mass is 263 g/mol. The van der Waals surface area contributed by atoms with Crippen LogP contribution in [-0.4, -0.2) is 19.8 Å². The quantitative estimate of drug-likeness (QED) is 0.883. The summed E-state index contributed by atoms with van der Waals surface area (Å²) in [6.45, 7) is 11.2. The van der Waals surface area contributed by atoms with Crippen LogP contribution < -0.4 is 14.8 Å². The van der Waals surface area contributed by atoms with E-state index in [4.69, 9.17) is 9.47 Å². The van der Waals surface area contributed by atoms with E-state index in [1.165, 1.54) is 5.56 Å². The fourth-order valence-electron chi connectivity index (χ4n) is 2.47. The molecule has 3 heteroatoms. The molecule has 0 saturated carbocycles. The zero-order chi connectivity index (χ0) is 13.8. The third-order valence-electron chi connectivity index (χ3n) is 3.93. The van der Waals surface area contributed by atoms with Crippen LogP contribution in [0.5, 0.6) is 11.5 Å². The van der Waals surface area contributed by atoms with Gasteiger partial charge in [0, 0.05) is 6.04 Å². The van der Waals surface area contributed by atoms with Gasteiger partial charge in [-0.1, -0.05) is 33.8 Å². The Labute approximate surface area is 116 Å². The van der Waals surface area contributed by atoms with Gasteiger partial charge in [0.05, 0.1) is 0 Å². The highest BCUT2D eigenvalue weighted by molar-refractivity contribution is 5.44. The van der Waals surface area contributed by atoms with E-state index in [2.05, 4.69) is 45.1 Å². The summed E-state index contributed by atoms with van der Waals surface area (Å²) in [5, 5.41) is 3.59. The van der Waals surface area contributed by atoms with Gasteiger partial charge in [0.2, 0.25) is 0 Å². The molecule has 1 N–H and O–H groups in total. The molecule has 0 fully saturated rings. The van der Waals surface area contributed by atoms with E-state index < -0.39 is 0 Å². The lowest BCUT2D eigenvalue weighted by atomic mass is 9.86. The Balaban J connectivity index is 2.26.